The number of aryl methyl sites for hydroxylation is 1. The van der Waals surface area contributed by atoms with E-state index in [-0.39, 0.29) is 0 Å². The fourth-order valence-corrected chi connectivity index (χ4v) is 3.83. The molecule has 0 aliphatic rings. The van der Waals surface area contributed by atoms with Gasteiger partial charge in [0.15, 0.2) is 0 Å². The maximum absolute atomic E-state index is 5.47. The van der Waals surface area contributed by atoms with Crippen LogP contribution in [0.4, 0.5) is 0 Å². The summed E-state index contributed by atoms with van der Waals surface area (Å²) in [6, 6.07) is 20.7. The lowest BCUT2D eigenvalue weighted by atomic mass is 10.1. The molecule has 0 aliphatic carbocycles. The number of ether oxygens (including phenoxy) is 1. The molecule has 0 amide bonds. The molecule has 6 heteroatoms. The summed E-state index contributed by atoms with van der Waals surface area (Å²) in [6.07, 6.45) is 0. The first-order valence-electron chi connectivity index (χ1n) is 8.29. The van der Waals surface area contributed by atoms with E-state index in [4.69, 9.17) is 4.74 Å². The van der Waals surface area contributed by atoms with E-state index in [0.29, 0.717) is 0 Å². The van der Waals surface area contributed by atoms with E-state index in [1.165, 1.54) is 16.3 Å². The van der Waals surface area contributed by atoms with Gasteiger partial charge in [-0.15, -0.1) is 5.10 Å². The van der Waals surface area contributed by atoms with E-state index in [1.807, 2.05) is 25.1 Å². The second-order valence-electron chi connectivity index (χ2n) is 5.98. The number of benzene rings is 3. The van der Waals surface area contributed by atoms with Crippen molar-refractivity contribution < 1.29 is 4.74 Å². The Bertz CT molecular complexity index is 1060. The van der Waals surface area contributed by atoms with E-state index < -0.39 is 0 Å². The third-order valence-electron chi connectivity index (χ3n) is 4.24. The van der Waals surface area contributed by atoms with Gasteiger partial charge in [-0.25, -0.2) is 0 Å². The van der Waals surface area contributed by atoms with Crippen LogP contribution in [0.3, 0.4) is 0 Å². The lowest BCUT2D eigenvalue weighted by Crippen LogP contribution is -2.02. The summed E-state index contributed by atoms with van der Waals surface area (Å²) in [6.45, 7) is 2.04. The Morgan fingerprint density at radius 3 is 2.77 bits per heavy atom. The van der Waals surface area contributed by atoms with Crippen molar-refractivity contribution in [2.45, 2.75) is 17.8 Å². The number of hydrogen-bond donors (Lipinski definition) is 0. The van der Waals surface area contributed by atoms with E-state index >= 15 is 0 Å². The van der Waals surface area contributed by atoms with Crippen LogP contribution in [0, 0.1) is 6.92 Å². The van der Waals surface area contributed by atoms with Crippen LogP contribution >= 0.6 is 11.8 Å². The molecule has 5 nitrogen and oxygen atoms in total. The van der Waals surface area contributed by atoms with Gasteiger partial charge in [-0.05, 0) is 51.4 Å². The number of nitrogens with zero attached hydrogens (tertiary/aromatic N) is 4. The zero-order valence-electron chi connectivity index (χ0n) is 14.6. The van der Waals surface area contributed by atoms with Gasteiger partial charge >= 0.3 is 0 Å². The summed E-state index contributed by atoms with van der Waals surface area (Å²) in [5.74, 6) is 1.53. The van der Waals surface area contributed by atoms with Gasteiger partial charge in [-0.2, -0.15) is 4.68 Å². The predicted molar refractivity (Wildman–Crippen MR) is 104 cm³/mol. The highest BCUT2D eigenvalue weighted by Crippen LogP contribution is 2.30. The monoisotopic (exact) mass is 362 g/mol. The molecule has 0 spiro atoms. The number of thioether (sulfide) groups is 1. The van der Waals surface area contributed by atoms with Gasteiger partial charge in [-0.3, -0.25) is 0 Å². The number of hydrogen-bond acceptors (Lipinski definition) is 5. The SMILES string of the molecule is COc1ccc(C)cc1-n1nnnc1SCc1cccc2ccccc12. The number of methoxy groups -OCH3 is 1. The standard InChI is InChI=1S/C20H18N4OS/c1-14-10-11-19(25-2)18(12-14)24-20(21-22-23-24)26-13-16-8-5-7-15-6-3-4-9-17(15)16/h3-12H,13H2,1-2H3. The minimum absolute atomic E-state index is 0.738. The molecule has 0 saturated heterocycles. The second kappa shape index (κ2) is 7.17. The third kappa shape index (κ3) is 3.15. The van der Waals surface area contributed by atoms with Crippen LogP contribution in [0.5, 0.6) is 5.75 Å². The Balaban J connectivity index is 1.65. The normalized spacial score (nSPS) is 11.0. The lowest BCUT2D eigenvalue weighted by Gasteiger charge is -2.11. The van der Waals surface area contributed by atoms with Crippen molar-refractivity contribution in [2.24, 2.45) is 0 Å². The molecule has 3 aromatic carbocycles. The predicted octanol–water partition coefficient (Wildman–Crippen LogP) is 4.42. The molecule has 0 N–H and O–H groups in total. The topological polar surface area (TPSA) is 52.8 Å². The number of aromatic nitrogens is 4. The third-order valence-corrected chi connectivity index (χ3v) is 5.21. The fourth-order valence-electron chi connectivity index (χ4n) is 2.95. The minimum atomic E-state index is 0.738. The maximum atomic E-state index is 5.47. The Kier molecular flexibility index (Phi) is 4.58. The van der Waals surface area contributed by atoms with Crippen molar-refractivity contribution in [3.8, 4) is 11.4 Å². The average molecular weight is 362 g/mol. The first-order valence-corrected chi connectivity index (χ1v) is 9.27. The molecular weight excluding hydrogens is 344 g/mol. The molecule has 0 unspecified atom stereocenters. The zero-order valence-corrected chi connectivity index (χ0v) is 15.4. The molecule has 1 aromatic heterocycles. The smallest absolute Gasteiger partial charge is 0.214 e. The van der Waals surface area contributed by atoms with Gasteiger partial charge in [0, 0.05) is 5.75 Å². The van der Waals surface area contributed by atoms with E-state index in [0.717, 1.165) is 27.9 Å². The first kappa shape index (κ1) is 16.6. The van der Waals surface area contributed by atoms with Crippen molar-refractivity contribution in [1.29, 1.82) is 0 Å². The molecule has 0 fully saturated rings. The quantitative estimate of drug-likeness (QED) is 0.492. The number of fused-ring (bicyclic) bond motifs is 1. The number of tetrazole rings is 1. The molecule has 4 aromatic rings. The molecule has 0 atom stereocenters. The summed E-state index contributed by atoms with van der Waals surface area (Å²) in [7, 11) is 1.65. The maximum Gasteiger partial charge on any atom is 0.214 e. The largest absolute Gasteiger partial charge is 0.494 e. The van der Waals surface area contributed by atoms with Gasteiger partial charge in [0.05, 0.1) is 7.11 Å². The highest BCUT2D eigenvalue weighted by atomic mass is 32.2. The van der Waals surface area contributed by atoms with Crippen LogP contribution in [0.2, 0.25) is 0 Å². The summed E-state index contributed by atoms with van der Waals surface area (Å²) < 4.78 is 7.21. The molecule has 4 rings (SSSR count). The van der Waals surface area contributed by atoms with Gasteiger partial charge in [0.25, 0.3) is 0 Å². The zero-order chi connectivity index (χ0) is 17.9. The van der Waals surface area contributed by atoms with Crippen LogP contribution in [-0.2, 0) is 5.75 Å². The Morgan fingerprint density at radius 2 is 1.88 bits per heavy atom. The lowest BCUT2D eigenvalue weighted by molar-refractivity contribution is 0.410. The van der Waals surface area contributed by atoms with Crippen molar-refractivity contribution in [3.05, 3.63) is 71.8 Å². The molecule has 0 saturated carbocycles. The Hall–Kier alpha value is -2.86. The van der Waals surface area contributed by atoms with Gasteiger partial charge in [-0.1, -0.05) is 60.3 Å². The highest BCUT2D eigenvalue weighted by Gasteiger charge is 2.14. The van der Waals surface area contributed by atoms with E-state index in [9.17, 15) is 0 Å². The molecule has 1 heterocycles. The van der Waals surface area contributed by atoms with Crippen molar-refractivity contribution >= 4 is 22.5 Å². The Labute approximate surface area is 156 Å². The van der Waals surface area contributed by atoms with E-state index in [2.05, 4.69) is 58.0 Å². The minimum Gasteiger partial charge on any atom is -0.494 e. The van der Waals surface area contributed by atoms with E-state index in [1.54, 1.807) is 23.6 Å². The molecule has 130 valence electrons. The second-order valence-corrected chi connectivity index (χ2v) is 6.92. The van der Waals surface area contributed by atoms with Crippen molar-refractivity contribution in [1.82, 2.24) is 20.2 Å². The Morgan fingerprint density at radius 1 is 1.04 bits per heavy atom. The molecule has 0 radical (unpaired) electrons. The summed E-state index contributed by atoms with van der Waals surface area (Å²) in [5, 5.41) is 15.5. The highest BCUT2D eigenvalue weighted by molar-refractivity contribution is 7.98. The summed E-state index contributed by atoms with van der Waals surface area (Å²) in [5.41, 5.74) is 3.23. The molecule has 26 heavy (non-hydrogen) atoms. The van der Waals surface area contributed by atoms with Crippen molar-refractivity contribution in [2.75, 3.05) is 7.11 Å². The summed E-state index contributed by atoms with van der Waals surface area (Å²) in [4.78, 5) is 0. The van der Waals surface area contributed by atoms with Gasteiger partial charge in [0.2, 0.25) is 5.16 Å². The van der Waals surface area contributed by atoms with Crippen LogP contribution in [0.25, 0.3) is 16.5 Å². The van der Waals surface area contributed by atoms with Gasteiger partial charge < -0.3 is 4.74 Å². The van der Waals surface area contributed by atoms with Crippen molar-refractivity contribution in [3.63, 3.8) is 0 Å². The summed E-state index contributed by atoms with van der Waals surface area (Å²) >= 11 is 1.61. The first-order chi connectivity index (χ1) is 12.8. The van der Waals surface area contributed by atoms with Gasteiger partial charge in [0.1, 0.15) is 11.4 Å². The van der Waals surface area contributed by atoms with Crippen LogP contribution < -0.4 is 4.74 Å². The molecular formula is C20H18N4OS. The number of rotatable bonds is 5. The fraction of sp³-hybridized carbons (Fsp3) is 0.150. The van der Waals surface area contributed by atoms with Crippen LogP contribution in [0.1, 0.15) is 11.1 Å². The molecule has 0 bridgehead atoms. The molecule has 0 aliphatic heterocycles. The average Bonchev–Trinajstić information content (AvgIpc) is 3.14. The van der Waals surface area contributed by atoms with Crippen LogP contribution in [-0.4, -0.2) is 27.3 Å². The van der Waals surface area contributed by atoms with Crippen LogP contribution in [0.15, 0.2) is 65.8 Å².